The van der Waals surface area contributed by atoms with Gasteiger partial charge in [-0.2, -0.15) is 0 Å². The fraction of sp³-hybridized carbons (Fsp3) is 0.625. The van der Waals surface area contributed by atoms with Crippen LogP contribution in [0.2, 0.25) is 0 Å². The van der Waals surface area contributed by atoms with Crippen molar-refractivity contribution in [3.8, 4) is 0 Å². The Morgan fingerprint density at radius 1 is 1.29 bits per heavy atom. The second-order valence-corrected chi connectivity index (χ2v) is 6.81. The summed E-state index contributed by atoms with van der Waals surface area (Å²) in [6.45, 7) is 2.18. The van der Waals surface area contributed by atoms with E-state index in [-0.39, 0.29) is 5.60 Å². The second kappa shape index (κ2) is 5.89. The Hall–Kier alpha value is -1.20. The van der Waals surface area contributed by atoms with Gasteiger partial charge in [0.15, 0.2) is 5.82 Å². The molecule has 1 saturated carbocycles. The van der Waals surface area contributed by atoms with E-state index in [1.165, 1.54) is 24.1 Å². The minimum Gasteiger partial charge on any atom is -0.372 e. The smallest absolute Gasteiger partial charge is 0.164 e. The summed E-state index contributed by atoms with van der Waals surface area (Å²) >= 11 is 1.77. The number of nitrogens with one attached hydrogen (secondary N) is 1. The lowest BCUT2D eigenvalue weighted by molar-refractivity contribution is -0.0511. The summed E-state index contributed by atoms with van der Waals surface area (Å²) in [6.07, 6.45) is 6.73. The fourth-order valence-corrected chi connectivity index (χ4v) is 4.15. The molecule has 2 heterocycles. The summed E-state index contributed by atoms with van der Waals surface area (Å²) in [4.78, 5) is 12.1. The van der Waals surface area contributed by atoms with E-state index in [2.05, 4.69) is 18.3 Å². The SMILES string of the molecule is CCc1cc2c(NC)nc(C3(OC)CCCCC3)nc2s1. The lowest BCUT2D eigenvalue weighted by atomic mass is 9.84. The van der Waals surface area contributed by atoms with Crippen LogP contribution in [0.25, 0.3) is 10.2 Å². The van der Waals surface area contributed by atoms with Crippen LogP contribution in [-0.2, 0) is 16.8 Å². The zero-order valence-electron chi connectivity index (χ0n) is 13.0. The number of thiophene rings is 1. The number of aromatic nitrogens is 2. The highest BCUT2D eigenvalue weighted by Gasteiger charge is 2.37. The third kappa shape index (κ3) is 2.53. The largest absolute Gasteiger partial charge is 0.372 e. The third-order valence-electron chi connectivity index (χ3n) is 4.49. The van der Waals surface area contributed by atoms with E-state index in [9.17, 15) is 0 Å². The molecule has 0 aromatic carbocycles. The first-order valence-electron chi connectivity index (χ1n) is 7.76. The van der Waals surface area contributed by atoms with Crippen LogP contribution in [0.1, 0.15) is 49.7 Å². The number of methoxy groups -OCH3 is 1. The van der Waals surface area contributed by atoms with Crippen molar-refractivity contribution in [3.63, 3.8) is 0 Å². The number of anilines is 1. The van der Waals surface area contributed by atoms with Gasteiger partial charge in [0.2, 0.25) is 0 Å². The molecule has 0 atom stereocenters. The molecular weight excluding hydrogens is 282 g/mol. The first-order valence-corrected chi connectivity index (χ1v) is 8.58. The molecule has 2 aromatic heterocycles. The van der Waals surface area contributed by atoms with Gasteiger partial charge in [-0.25, -0.2) is 9.97 Å². The van der Waals surface area contributed by atoms with E-state index >= 15 is 0 Å². The van der Waals surface area contributed by atoms with Crippen LogP contribution in [0.3, 0.4) is 0 Å². The number of aryl methyl sites for hydroxylation is 1. The molecule has 0 aliphatic heterocycles. The van der Waals surface area contributed by atoms with Gasteiger partial charge in [-0.15, -0.1) is 11.3 Å². The van der Waals surface area contributed by atoms with Crippen LogP contribution in [0.4, 0.5) is 5.82 Å². The molecule has 1 fully saturated rings. The van der Waals surface area contributed by atoms with Crippen molar-refractivity contribution in [3.05, 3.63) is 16.8 Å². The van der Waals surface area contributed by atoms with Crippen molar-refractivity contribution in [2.75, 3.05) is 19.5 Å². The quantitative estimate of drug-likeness (QED) is 0.923. The predicted octanol–water partition coefficient (Wildman–Crippen LogP) is 4.10. The summed E-state index contributed by atoms with van der Waals surface area (Å²) in [6, 6.07) is 2.20. The molecule has 1 aliphatic rings. The average molecular weight is 305 g/mol. The van der Waals surface area contributed by atoms with E-state index < -0.39 is 0 Å². The Morgan fingerprint density at radius 2 is 2.05 bits per heavy atom. The van der Waals surface area contributed by atoms with Crippen LogP contribution in [0, 0.1) is 0 Å². The summed E-state index contributed by atoms with van der Waals surface area (Å²) < 4.78 is 5.90. The van der Waals surface area contributed by atoms with Gasteiger partial charge in [0.1, 0.15) is 16.2 Å². The predicted molar refractivity (Wildman–Crippen MR) is 88.1 cm³/mol. The molecule has 0 bridgehead atoms. The van der Waals surface area contributed by atoms with E-state index in [1.54, 1.807) is 18.4 Å². The molecule has 0 spiro atoms. The topological polar surface area (TPSA) is 47.0 Å². The third-order valence-corrected chi connectivity index (χ3v) is 5.66. The van der Waals surface area contributed by atoms with Crippen LogP contribution in [0.5, 0.6) is 0 Å². The Kier molecular flexibility index (Phi) is 4.13. The molecule has 0 unspecified atom stereocenters. The molecule has 114 valence electrons. The molecule has 0 amide bonds. The Bertz CT molecular complexity index is 632. The number of hydrogen-bond donors (Lipinski definition) is 1. The number of fused-ring (bicyclic) bond motifs is 1. The maximum absolute atomic E-state index is 5.90. The van der Waals surface area contributed by atoms with Crippen molar-refractivity contribution in [2.24, 2.45) is 0 Å². The molecule has 21 heavy (non-hydrogen) atoms. The van der Waals surface area contributed by atoms with Crippen molar-refractivity contribution in [1.29, 1.82) is 0 Å². The average Bonchev–Trinajstić information content (AvgIpc) is 2.97. The Balaban J connectivity index is 2.13. The van der Waals surface area contributed by atoms with Gasteiger partial charge in [-0.3, -0.25) is 0 Å². The summed E-state index contributed by atoms with van der Waals surface area (Å²) in [5, 5.41) is 4.36. The highest BCUT2D eigenvalue weighted by atomic mass is 32.1. The maximum atomic E-state index is 5.90. The van der Waals surface area contributed by atoms with Crippen LogP contribution in [-0.4, -0.2) is 24.1 Å². The van der Waals surface area contributed by atoms with Gasteiger partial charge in [0.05, 0.1) is 5.39 Å². The van der Waals surface area contributed by atoms with E-state index in [1.807, 2.05) is 7.05 Å². The lowest BCUT2D eigenvalue weighted by Gasteiger charge is -2.34. The minimum absolute atomic E-state index is 0.297. The molecule has 1 aliphatic carbocycles. The minimum atomic E-state index is -0.297. The summed E-state index contributed by atoms with van der Waals surface area (Å²) in [7, 11) is 3.72. The number of nitrogens with zero attached hydrogens (tertiary/aromatic N) is 2. The number of ether oxygens (including phenoxy) is 1. The van der Waals surface area contributed by atoms with Gasteiger partial charge in [-0.05, 0) is 25.3 Å². The molecule has 0 saturated heterocycles. The van der Waals surface area contributed by atoms with Crippen LogP contribution in [0.15, 0.2) is 6.07 Å². The molecular formula is C16H23N3OS. The van der Waals surface area contributed by atoms with Crippen molar-refractivity contribution >= 4 is 27.4 Å². The molecule has 3 rings (SSSR count). The zero-order valence-corrected chi connectivity index (χ0v) is 13.8. The highest BCUT2D eigenvalue weighted by molar-refractivity contribution is 7.18. The van der Waals surface area contributed by atoms with Gasteiger partial charge in [-0.1, -0.05) is 26.2 Å². The summed E-state index contributed by atoms with van der Waals surface area (Å²) in [5.41, 5.74) is -0.297. The molecule has 1 N–H and O–H groups in total. The molecule has 5 heteroatoms. The zero-order chi connectivity index (χ0) is 14.9. The fourth-order valence-electron chi connectivity index (χ4n) is 3.18. The number of hydrogen-bond acceptors (Lipinski definition) is 5. The Morgan fingerprint density at radius 3 is 2.67 bits per heavy atom. The van der Waals surface area contributed by atoms with E-state index in [0.29, 0.717) is 0 Å². The van der Waals surface area contributed by atoms with Gasteiger partial charge < -0.3 is 10.1 Å². The normalized spacial score (nSPS) is 18.0. The van der Waals surface area contributed by atoms with Gasteiger partial charge in [0.25, 0.3) is 0 Å². The highest BCUT2D eigenvalue weighted by Crippen LogP contribution is 2.40. The van der Waals surface area contributed by atoms with Crippen molar-refractivity contribution in [2.45, 2.75) is 51.0 Å². The van der Waals surface area contributed by atoms with Crippen molar-refractivity contribution < 1.29 is 4.74 Å². The first kappa shape index (κ1) is 14.7. The van der Waals surface area contributed by atoms with Gasteiger partial charge in [0, 0.05) is 19.0 Å². The van der Waals surface area contributed by atoms with Crippen molar-refractivity contribution in [1.82, 2.24) is 9.97 Å². The molecule has 2 aromatic rings. The maximum Gasteiger partial charge on any atom is 0.164 e. The molecule has 0 radical (unpaired) electrons. The Labute approximate surface area is 129 Å². The van der Waals surface area contributed by atoms with E-state index in [0.717, 1.165) is 41.1 Å². The van der Waals surface area contributed by atoms with Crippen LogP contribution >= 0.6 is 11.3 Å². The summed E-state index contributed by atoms with van der Waals surface area (Å²) in [5.74, 6) is 1.78. The van der Waals surface area contributed by atoms with Gasteiger partial charge >= 0.3 is 0 Å². The lowest BCUT2D eigenvalue weighted by Crippen LogP contribution is -2.33. The van der Waals surface area contributed by atoms with E-state index in [4.69, 9.17) is 14.7 Å². The number of rotatable bonds is 4. The molecule has 4 nitrogen and oxygen atoms in total. The second-order valence-electron chi connectivity index (χ2n) is 5.69. The monoisotopic (exact) mass is 305 g/mol. The van der Waals surface area contributed by atoms with Crippen LogP contribution < -0.4 is 5.32 Å². The first-order chi connectivity index (χ1) is 10.2. The standard InChI is InChI=1S/C16H23N3OS/c1-4-11-10-12-13(17-2)18-15(19-14(12)21-11)16(20-3)8-6-5-7-9-16/h10H,4-9H2,1-3H3,(H,17,18,19).